The fourth-order valence-electron chi connectivity index (χ4n) is 3.68. The zero-order valence-electron chi connectivity index (χ0n) is 17.1. The van der Waals surface area contributed by atoms with E-state index in [1.165, 1.54) is 0 Å². The number of piperidine rings is 1. The lowest BCUT2D eigenvalue weighted by atomic mass is 9.95. The van der Waals surface area contributed by atoms with Crippen molar-refractivity contribution in [2.24, 2.45) is 0 Å². The van der Waals surface area contributed by atoms with E-state index in [0.717, 1.165) is 18.4 Å². The Kier molecular flexibility index (Phi) is 5.92. The van der Waals surface area contributed by atoms with Gasteiger partial charge < -0.3 is 18.9 Å². The molecular formula is C22H24N4O4. The van der Waals surface area contributed by atoms with E-state index in [1.54, 1.807) is 20.4 Å². The summed E-state index contributed by atoms with van der Waals surface area (Å²) in [5.74, 6) is 2.74. The Morgan fingerprint density at radius 1 is 1.17 bits per heavy atom. The first-order valence-electron chi connectivity index (χ1n) is 9.91. The number of likely N-dealkylation sites (tertiary alicyclic amines) is 1. The maximum Gasteiger partial charge on any atom is 0.276 e. The van der Waals surface area contributed by atoms with Crippen LogP contribution in [0.4, 0.5) is 0 Å². The van der Waals surface area contributed by atoms with E-state index in [2.05, 4.69) is 15.1 Å². The number of carbonyl (C=O) groups excluding carboxylic acids is 1. The fourth-order valence-corrected chi connectivity index (χ4v) is 3.68. The van der Waals surface area contributed by atoms with Gasteiger partial charge in [0.1, 0.15) is 17.2 Å². The fraction of sp³-hybridized carbons (Fsp3) is 0.364. The van der Waals surface area contributed by atoms with Gasteiger partial charge >= 0.3 is 0 Å². The first-order chi connectivity index (χ1) is 14.7. The van der Waals surface area contributed by atoms with Gasteiger partial charge in [-0.15, -0.1) is 0 Å². The SMILES string of the molecule is COc1ccc(OC)c(CC(=O)N2CCC(c3noc(-c4ccccn4)n3)CC2)c1. The van der Waals surface area contributed by atoms with E-state index in [4.69, 9.17) is 14.0 Å². The van der Waals surface area contributed by atoms with Crippen LogP contribution in [0.2, 0.25) is 0 Å². The van der Waals surface area contributed by atoms with Crippen LogP contribution < -0.4 is 9.47 Å². The molecule has 8 nitrogen and oxygen atoms in total. The van der Waals surface area contributed by atoms with Gasteiger partial charge in [0.05, 0.1) is 20.6 Å². The van der Waals surface area contributed by atoms with Crippen molar-refractivity contribution >= 4 is 5.91 Å². The molecule has 0 bridgehead atoms. The summed E-state index contributed by atoms with van der Waals surface area (Å²) in [4.78, 5) is 23.5. The van der Waals surface area contributed by atoms with E-state index in [9.17, 15) is 4.79 Å². The molecule has 0 saturated carbocycles. The maximum atomic E-state index is 12.8. The second kappa shape index (κ2) is 8.94. The topological polar surface area (TPSA) is 90.6 Å². The van der Waals surface area contributed by atoms with Gasteiger partial charge in [0.2, 0.25) is 5.91 Å². The van der Waals surface area contributed by atoms with Gasteiger partial charge in [0, 0.05) is 30.8 Å². The number of pyridine rings is 1. The molecular weight excluding hydrogens is 384 g/mol. The van der Waals surface area contributed by atoms with Crippen molar-refractivity contribution in [3.63, 3.8) is 0 Å². The van der Waals surface area contributed by atoms with Gasteiger partial charge in [0.25, 0.3) is 5.89 Å². The molecule has 1 amide bonds. The Morgan fingerprint density at radius 3 is 2.70 bits per heavy atom. The van der Waals surface area contributed by atoms with Crippen LogP contribution in [0.5, 0.6) is 11.5 Å². The Bertz CT molecular complexity index is 997. The largest absolute Gasteiger partial charge is 0.497 e. The molecule has 0 N–H and O–H groups in total. The summed E-state index contributed by atoms with van der Waals surface area (Å²) in [6.45, 7) is 1.31. The highest BCUT2D eigenvalue weighted by Crippen LogP contribution is 2.29. The van der Waals surface area contributed by atoms with E-state index in [0.29, 0.717) is 42.0 Å². The number of carbonyl (C=O) groups is 1. The van der Waals surface area contributed by atoms with Gasteiger partial charge in [-0.1, -0.05) is 11.2 Å². The maximum absolute atomic E-state index is 12.8. The molecule has 30 heavy (non-hydrogen) atoms. The van der Waals surface area contributed by atoms with Crippen molar-refractivity contribution in [3.05, 3.63) is 54.0 Å². The summed E-state index contributed by atoms with van der Waals surface area (Å²) in [6.07, 6.45) is 3.56. The minimum atomic E-state index is 0.0716. The molecule has 0 atom stereocenters. The minimum absolute atomic E-state index is 0.0716. The molecule has 3 heterocycles. The molecule has 0 radical (unpaired) electrons. The van der Waals surface area contributed by atoms with Crippen molar-refractivity contribution in [2.45, 2.75) is 25.2 Å². The highest BCUT2D eigenvalue weighted by Gasteiger charge is 2.27. The van der Waals surface area contributed by atoms with Gasteiger partial charge in [-0.2, -0.15) is 4.98 Å². The molecule has 0 aliphatic carbocycles. The standard InChI is InChI=1S/C22H24N4O4/c1-28-17-6-7-19(29-2)16(13-17)14-20(27)26-11-8-15(9-12-26)21-24-22(30-25-21)18-5-3-4-10-23-18/h3-7,10,13,15H,8-9,11-12,14H2,1-2H3. The summed E-state index contributed by atoms with van der Waals surface area (Å²) in [5.41, 5.74) is 1.48. The number of rotatable bonds is 6. The van der Waals surface area contributed by atoms with Gasteiger partial charge in [-0.05, 0) is 43.2 Å². The van der Waals surface area contributed by atoms with Crippen LogP contribution in [-0.4, -0.2) is 53.2 Å². The molecule has 4 rings (SSSR count). The van der Waals surface area contributed by atoms with E-state index < -0.39 is 0 Å². The molecule has 1 aliphatic heterocycles. The normalized spacial score (nSPS) is 14.5. The van der Waals surface area contributed by atoms with E-state index in [1.807, 2.05) is 41.3 Å². The van der Waals surface area contributed by atoms with Crippen molar-refractivity contribution < 1.29 is 18.8 Å². The number of ether oxygens (including phenoxy) is 2. The number of methoxy groups -OCH3 is 2. The molecule has 1 aliphatic rings. The molecule has 156 valence electrons. The molecule has 1 aromatic carbocycles. The molecule has 8 heteroatoms. The van der Waals surface area contributed by atoms with Gasteiger partial charge in [-0.3, -0.25) is 9.78 Å². The summed E-state index contributed by atoms with van der Waals surface area (Å²) in [6, 6.07) is 11.1. The zero-order chi connectivity index (χ0) is 20.9. The Labute approximate surface area is 174 Å². The number of hydrogen-bond acceptors (Lipinski definition) is 7. The highest BCUT2D eigenvalue weighted by molar-refractivity contribution is 5.79. The van der Waals surface area contributed by atoms with Crippen LogP contribution in [0.1, 0.15) is 30.1 Å². The molecule has 0 spiro atoms. The second-order valence-corrected chi connectivity index (χ2v) is 7.18. The van der Waals surface area contributed by atoms with Crippen LogP contribution in [0.15, 0.2) is 47.1 Å². The Morgan fingerprint density at radius 2 is 2.00 bits per heavy atom. The number of nitrogens with zero attached hydrogens (tertiary/aromatic N) is 4. The first kappa shape index (κ1) is 19.9. The minimum Gasteiger partial charge on any atom is -0.497 e. The summed E-state index contributed by atoms with van der Waals surface area (Å²) in [5, 5.41) is 4.14. The molecule has 3 aromatic rings. The smallest absolute Gasteiger partial charge is 0.276 e. The summed E-state index contributed by atoms with van der Waals surface area (Å²) >= 11 is 0. The quantitative estimate of drug-likeness (QED) is 0.619. The van der Waals surface area contributed by atoms with Crippen LogP contribution >= 0.6 is 0 Å². The molecule has 2 aromatic heterocycles. The van der Waals surface area contributed by atoms with Crippen molar-refractivity contribution in [2.75, 3.05) is 27.3 Å². The second-order valence-electron chi connectivity index (χ2n) is 7.18. The third-order valence-electron chi connectivity index (χ3n) is 5.37. The summed E-state index contributed by atoms with van der Waals surface area (Å²) < 4.78 is 16.0. The average Bonchev–Trinajstić information content (AvgIpc) is 3.30. The average molecular weight is 408 g/mol. The predicted molar refractivity (Wildman–Crippen MR) is 109 cm³/mol. The van der Waals surface area contributed by atoms with Crippen LogP contribution in [0.25, 0.3) is 11.6 Å². The lowest BCUT2D eigenvalue weighted by Gasteiger charge is -2.30. The number of hydrogen-bond donors (Lipinski definition) is 0. The first-order valence-corrected chi connectivity index (χ1v) is 9.91. The number of aromatic nitrogens is 3. The Hall–Kier alpha value is -3.42. The lowest BCUT2D eigenvalue weighted by Crippen LogP contribution is -2.39. The highest BCUT2D eigenvalue weighted by atomic mass is 16.5. The molecule has 1 saturated heterocycles. The van der Waals surface area contributed by atoms with E-state index in [-0.39, 0.29) is 18.2 Å². The van der Waals surface area contributed by atoms with Crippen molar-refractivity contribution in [1.29, 1.82) is 0 Å². The summed E-state index contributed by atoms with van der Waals surface area (Å²) in [7, 11) is 3.21. The third kappa shape index (κ3) is 4.27. The zero-order valence-corrected chi connectivity index (χ0v) is 17.1. The predicted octanol–water partition coefficient (Wildman–Crippen LogP) is 3.10. The van der Waals surface area contributed by atoms with Crippen molar-refractivity contribution in [3.8, 4) is 23.1 Å². The van der Waals surface area contributed by atoms with Crippen LogP contribution in [0, 0.1) is 0 Å². The monoisotopic (exact) mass is 408 g/mol. The third-order valence-corrected chi connectivity index (χ3v) is 5.37. The van der Waals surface area contributed by atoms with Gasteiger partial charge in [-0.25, -0.2) is 0 Å². The lowest BCUT2D eigenvalue weighted by molar-refractivity contribution is -0.131. The molecule has 1 fully saturated rings. The number of benzene rings is 1. The number of amides is 1. The van der Waals surface area contributed by atoms with Crippen molar-refractivity contribution in [1.82, 2.24) is 20.0 Å². The van der Waals surface area contributed by atoms with Crippen LogP contribution in [-0.2, 0) is 11.2 Å². The van der Waals surface area contributed by atoms with E-state index >= 15 is 0 Å². The van der Waals surface area contributed by atoms with Crippen LogP contribution in [0.3, 0.4) is 0 Å². The van der Waals surface area contributed by atoms with Gasteiger partial charge in [0.15, 0.2) is 5.82 Å². The Balaban J connectivity index is 1.37. The molecule has 0 unspecified atom stereocenters.